The molecule has 1 rings (SSSR count). The van der Waals surface area contributed by atoms with Gasteiger partial charge in [0.1, 0.15) is 0 Å². The number of hydrogen-bond acceptors (Lipinski definition) is 4. The van der Waals surface area contributed by atoms with Crippen LogP contribution in [0.4, 0.5) is 5.69 Å². The first-order valence-corrected chi connectivity index (χ1v) is 5.03. The normalized spacial score (nSPS) is 9.65. The smallest absolute Gasteiger partial charge is 0.221 e. The van der Waals surface area contributed by atoms with Gasteiger partial charge in [-0.2, -0.15) is 0 Å². The molecule has 0 spiro atoms. The van der Waals surface area contributed by atoms with Gasteiger partial charge in [0.15, 0.2) is 17.8 Å². The highest BCUT2D eigenvalue weighted by Crippen LogP contribution is 2.39. The molecule has 0 aliphatic rings. The van der Waals surface area contributed by atoms with Crippen molar-refractivity contribution < 1.29 is 19.1 Å². The molecule has 0 aliphatic carbocycles. The summed E-state index contributed by atoms with van der Waals surface area (Å²) in [7, 11) is 2.95. The van der Waals surface area contributed by atoms with Gasteiger partial charge in [-0.1, -0.05) is 0 Å². The van der Waals surface area contributed by atoms with Crippen LogP contribution in [0.3, 0.4) is 0 Å². The van der Waals surface area contributed by atoms with Gasteiger partial charge >= 0.3 is 0 Å². The van der Waals surface area contributed by atoms with E-state index in [-0.39, 0.29) is 5.91 Å². The topological polar surface area (TPSA) is 64.6 Å². The molecule has 1 aromatic rings. The third kappa shape index (κ3) is 2.55. The highest BCUT2D eigenvalue weighted by atomic mass is 16.5. The van der Waals surface area contributed by atoms with Gasteiger partial charge in [-0.25, -0.2) is 0 Å². The van der Waals surface area contributed by atoms with Crippen molar-refractivity contribution in [1.29, 1.82) is 0 Å². The van der Waals surface area contributed by atoms with Crippen LogP contribution in [0.2, 0.25) is 0 Å². The zero-order valence-electron chi connectivity index (χ0n) is 10.3. The van der Waals surface area contributed by atoms with Crippen molar-refractivity contribution in [3.05, 3.63) is 17.2 Å². The predicted molar refractivity (Wildman–Crippen MR) is 64.0 cm³/mol. The minimum atomic E-state index is -0.279. The van der Waals surface area contributed by atoms with Crippen LogP contribution >= 0.6 is 0 Å². The second kappa shape index (κ2) is 5.34. The van der Waals surface area contributed by atoms with Crippen LogP contribution in [0.25, 0.3) is 0 Å². The molecule has 1 aromatic carbocycles. The maximum atomic E-state index is 11.1. The molecule has 1 amide bonds. The molecule has 5 heteroatoms. The fourth-order valence-electron chi connectivity index (χ4n) is 1.59. The Kier molecular flexibility index (Phi) is 4.09. The fraction of sp³-hybridized carbons (Fsp3) is 0.333. The van der Waals surface area contributed by atoms with Crippen molar-refractivity contribution in [1.82, 2.24) is 0 Å². The maximum Gasteiger partial charge on any atom is 0.221 e. The van der Waals surface area contributed by atoms with E-state index >= 15 is 0 Å². The highest BCUT2D eigenvalue weighted by molar-refractivity contribution is 5.99. The second-order valence-corrected chi connectivity index (χ2v) is 3.52. The maximum absolute atomic E-state index is 11.1. The van der Waals surface area contributed by atoms with Crippen LogP contribution in [0.1, 0.15) is 22.8 Å². The summed E-state index contributed by atoms with van der Waals surface area (Å²) in [5.41, 5.74) is 1.44. The average molecular weight is 237 g/mol. The summed E-state index contributed by atoms with van der Waals surface area (Å²) < 4.78 is 10.3. The molecule has 0 fully saturated rings. The molecular weight excluding hydrogens is 222 g/mol. The molecule has 0 radical (unpaired) electrons. The summed E-state index contributed by atoms with van der Waals surface area (Å²) in [6.07, 6.45) is 0.683. The van der Waals surface area contributed by atoms with Crippen LogP contribution in [0.15, 0.2) is 6.07 Å². The van der Waals surface area contributed by atoms with Crippen LogP contribution in [0.5, 0.6) is 11.5 Å². The number of nitrogens with one attached hydrogen (secondary N) is 1. The van der Waals surface area contributed by atoms with Crippen molar-refractivity contribution in [2.75, 3.05) is 19.5 Å². The number of ether oxygens (including phenoxy) is 2. The summed E-state index contributed by atoms with van der Waals surface area (Å²) in [6.45, 7) is 3.12. The van der Waals surface area contributed by atoms with Crippen molar-refractivity contribution in [3.8, 4) is 11.5 Å². The summed E-state index contributed by atoms with van der Waals surface area (Å²) in [5.74, 6) is 0.536. The number of aldehydes is 1. The van der Waals surface area contributed by atoms with Crippen LogP contribution in [0, 0.1) is 6.92 Å². The van der Waals surface area contributed by atoms with Gasteiger partial charge in [0, 0.05) is 12.5 Å². The Labute approximate surface area is 99.7 Å². The largest absolute Gasteiger partial charge is 0.493 e. The quantitative estimate of drug-likeness (QED) is 0.811. The van der Waals surface area contributed by atoms with Gasteiger partial charge in [0.2, 0.25) is 5.91 Å². The number of hydrogen-bond donors (Lipinski definition) is 1. The van der Waals surface area contributed by atoms with Gasteiger partial charge < -0.3 is 14.8 Å². The summed E-state index contributed by atoms with van der Waals surface area (Å²) >= 11 is 0. The minimum absolute atomic E-state index is 0.279. The molecule has 0 atom stereocenters. The number of amides is 1. The predicted octanol–water partition coefficient (Wildman–Crippen LogP) is 1.78. The Bertz CT molecular complexity index is 454. The first-order chi connectivity index (χ1) is 8.04. The Hall–Kier alpha value is -2.04. The minimum Gasteiger partial charge on any atom is -0.493 e. The lowest BCUT2D eigenvalue weighted by Gasteiger charge is -2.16. The Balaban J connectivity index is 3.51. The fourth-order valence-corrected chi connectivity index (χ4v) is 1.59. The van der Waals surface area contributed by atoms with Crippen molar-refractivity contribution in [2.45, 2.75) is 13.8 Å². The van der Waals surface area contributed by atoms with Gasteiger partial charge in [-0.3, -0.25) is 9.59 Å². The molecule has 0 bridgehead atoms. The number of aryl methyl sites for hydroxylation is 1. The zero-order valence-corrected chi connectivity index (χ0v) is 10.3. The number of methoxy groups -OCH3 is 2. The molecule has 5 nitrogen and oxygen atoms in total. The lowest BCUT2D eigenvalue weighted by molar-refractivity contribution is -0.114. The van der Waals surface area contributed by atoms with E-state index in [1.807, 2.05) is 0 Å². The lowest BCUT2D eigenvalue weighted by atomic mass is 10.1. The highest BCUT2D eigenvalue weighted by Gasteiger charge is 2.18. The first-order valence-electron chi connectivity index (χ1n) is 5.03. The van der Waals surface area contributed by atoms with Crippen molar-refractivity contribution >= 4 is 17.9 Å². The Morgan fingerprint density at radius 2 is 2.00 bits per heavy atom. The number of benzene rings is 1. The molecule has 0 aromatic heterocycles. The summed E-state index contributed by atoms with van der Waals surface area (Å²) in [4.78, 5) is 22.2. The number of carbonyl (C=O) groups is 2. The van der Waals surface area contributed by atoms with Gasteiger partial charge in [-0.05, 0) is 18.6 Å². The van der Waals surface area contributed by atoms with E-state index in [1.165, 1.54) is 21.1 Å². The molecule has 0 saturated carbocycles. The van der Waals surface area contributed by atoms with E-state index in [4.69, 9.17) is 9.47 Å². The third-order valence-corrected chi connectivity index (χ3v) is 2.34. The van der Waals surface area contributed by atoms with Crippen molar-refractivity contribution in [2.24, 2.45) is 0 Å². The van der Waals surface area contributed by atoms with E-state index in [2.05, 4.69) is 5.32 Å². The number of anilines is 1. The molecule has 0 saturated heterocycles. The molecule has 17 heavy (non-hydrogen) atoms. The molecular formula is C12H15NO4. The lowest BCUT2D eigenvalue weighted by Crippen LogP contribution is -2.11. The second-order valence-electron chi connectivity index (χ2n) is 3.52. The zero-order chi connectivity index (χ0) is 13.0. The number of rotatable bonds is 4. The van der Waals surface area contributed by atoms with Gasteiger partial charge in [0.25, 0.3) is 0 Å². The monoisotopic (exact) mass is 237 g/mol. The summed E-state index contributed by atoms with van der Waals surface area (Å²) in [6, 6.07) is 1.69. The standard InChI is InChI=1S/C12H15NO4/c1-7-5-10(16-3)12(17-4)11(9(7)6-14)13-8(2)15/h5-6H,1-4H3,(H,13,15). The van der Waals surface area contributed by atoms with Crippen LogP contribution < -0.4 is 14.8 Å². The molecule has 0 heterocycles. The van der Waals surface area contributed by atoms with Crippen LogP contribution in [-0.4, -0.2) is 26.4 Å². The summed E-state index contributed by atoms with van der Waals surface area (Å²) in [5, 5.41) is 2.58. The third-order valence-electron chi connectivity index (χ3n) is 2.34. The molecule has 0 unspecified atom stereocenters. The van der Waals surface area contributed by atoms with Gasteiger partial charge in [-0.15, -0.1) is 0 Å². The first kappa shape index (κ1) is 13.0. The molecule has 1 N–H and O–H groups in total. The van der Waals surface area contributed by atoms with Crippen LogP contribution in [-0.2, 0) is 4.79 Å². The van der Waals surface area contributed by atoms with E-state index in [0.717, 1.165) is 0 Å². The van der Waals surface area contributed by atoms with Gasteiger partial charge in [0.05, 0.1) is 19.9 Å². The average Bonchev–Trinajstić information content (AvgIpc) is 2.28. The molecule has 92 valence electrons. The van der Waals surface area contributed by atoms with E-state index in [1.54, 1.807) is 13.0 Å². The Morgan fingerprint density at radius 3 is 2.41 bits per heavy atom. The SMILES string of the molecule is COc1cc(C)c(C=O)c(NC(C)=O)c1OC. The van der Waals surface area contributed by atoms with E-state index in [0.29, 0.717) is 34.6 Å². The van der Waals surface area contributed by atoms with E-state index in [9.17, 15) is 9.59 Å². The van der Waals surface area contributed by atoms with E-state index < -0.39 is 0 Å². The molecule has 0 aliphatic heterocycles. The Morgan fingerprint density at radius 1 is 1.35 bits per heavy atom. The number of carbonyl (C=O) groups excluding carboxylic acids is 2. The van der Waals surface area contributed by atoms with Crippen molar-refractivity contribution in [3.63, 3.8) is 0 Å².